The molecule has 4 N–H and O–H groups in total. The Labute approximate surface area is 135 Å². The number of amides is 4. The first-order chi connectivity index (χ1) is 11.1. The molecule has 0 unspecified atom stereocenters. The highest BCUT2D eigenvalue weighted by Gasteiger charge is 2.42. The zero-order chi connectivity index (χ0) is 16.7. The minimum Gasteiger partial charge on any atom is -0.338 e. The Kier molecular flexibility index (Phi) is 5.56. The Hall–Kier alpha value is -2.57. The predicted octanol–water partition coefficient (Wildman–Crippen LogP) is 1.08. The van der Waals surface area contributed by atoms with Crippen LogP contribution in [0.25, 0.3) is 0 Å². The van der Waals surface area contributed by atoms with E-state index in [2.05, 4.69) is 21.5 Å². The number of rotatable bonds is 4. The van der Waals surface area contributed by atoms with E-state index in [0.717, 1.165) is 12.8 Å². The van der Waals surface area contributed by atoms with E-state index >= 15 is 0 Å². The van der Waals surface area contributed by atoms with Crippen molar-refractivity contribution in [3.05, 3.63) is 35.9 Å². The summed E-state index contributed by atoms with van der Waals surface area (Å²) in [7, 11) is 0. The van der Waals surface area contributed by atoms with E-state index in [1.54, 1.807) is 37.3 Å². The fraction of sp³-hybridized carbons (Fsp3) is 0.438. The molecule has 1 fully saturated rings. The molecule has 7 nitrogen and oxygen atoms in total. The quantitative estimate of drug-likeness (QED) is 0.625. The second kappa shape index (κ2) is 7.62. The van der Waals surface area contributed by atoms with Crippen LogP contribution in [0.15, 0.2) is 30.3 Å². The van der Waals surface area contributed by atoms with Crippen LogP contribution >= 0.6 is 0 Å². The van der Waals surface area contributed by atoms with Gasteiger partial charge in [-0.05, 0) is 31.9 Å². The van der Waals surface area contributed by atoms with Crippen LogP contribution < -0.4 is 21.5 Å². The third-order valence-corrected chi connectivity index (χ3v) is 3.91. The maximum absolute atomic E-state index is 12.5. The Balaban J connectivity index is 1.96. The number of urea groups is 1. The van der Waals surface area contributed by atoms with Crippen LogP contribution in [-0.4, -0.2) is 29.9 Å². The lowest BCUT2D eigenvalue weighted by atomic mass is 9.97. The second-order valence-electron chi connectivity index (χ2n) is 5.55. The summed E-state index contributed by atoms with van der Waals surface area (Å²) in [5.74, 6) is -0.796. The zero-order valence-electron chi connectivity index (χ0n) is 13.1. The number of carbonyl (C=O) groups excluding carboxylic acids is 3. The van der Waals surface area contributed by atoms with Crippen LogP contribution in [0.4, 0.5) is 4.79 Å². The molecule has 23 heavy (non-hydrogen) atoms. The Morgan fingerprint density at radius 3 is 2.30 bits per heavy atom. The molecule has 0 aromatic heterocycles. The fourth-order valence-corrected chi connectivity index (χ4v) is 2.70. The molecule has 1 saturated carbocycles. The number of benzene rings is 1. The monoisotopic (exact) mass is 318 g/mol. The lowest BCUT2D eigenvalue weighted by Crippen LogP contribution is -2.61. The molecule has 0 saturated heterocycles. The van der Waals surface area contributed by atoms with Gasteiger partial charge in [0.15, 0.2) is 0 Å². The number of hydrogen-bond acceptors (Lipinski definition) is 3. The zero-order valence-corrected chi connectivity index (χ0v) is 13.1. The molecule has 0 bridgehead atoms. The molecule has 0 heterocycles. The lowest BCUT2D eigenvalue weighted by Gasteiger charge is -2.28. The topological polar surface area (TPSA) is 99.3 Å². The highest BCUT2D eigenvalue weighted by atomic mass is 16.2. The van der Waals surface area contributed by atoms with Gasteiger partial charge < -0.3 is 10.6 Å². The lowest BCUT2D eigenvalue weighted by molar-refractivity contribution is -0.127. The molecule has 0 aliphatic heterocycles. The molecule has 124 valence electrons. The summed E-state index contributed by atoms with van der Waals surface area (Å²) in [6.45, 7) is 2.29. The van der Waals surface area contributed by atoms with E-state index in [1.165, 1.54) is 0 Å². The van der Waals surface area contributed by atoms with Crippen molar-refractivity contribution in [3.8, 4) is 0 Å². The van der Waals surface area contributed by atoms with Gasteiger partial charge >= 0.3 is 6.03 Å². The molecule has 1 aliphatic carbocycles. The van der Waals surface area contributed by atoms with Crippen molar-refractivity contribution in [2.24, 2.45) is 0 Å². The summed E-state index contributed by atoms with van der Waals surface area (Å²) < 4.78 is 0. The summed E-state index contributed by atoms with van der Waals surface area (Å²) in [4.78, 5) is 36.2. The normalized spacial score (nSPS) is 15.5. The summed E-state index contributed by atoms with van der Waals surface area (Å²) >= 11 is 0. The van der Waals surface area contributed by atoms with Crippen LogP contribution in [0.1, 0.15) is 43.0 Å². The summed E-state index contributed by atoms with van der Waals surface area (Å²) in [6, 6.07) is 8.22. The molecule has 0 radical (unpaired) electrons. The molecule has 7 heteroatoms. The standard InChI is InChI=1S/C16H22N4O3/c1-2-17-15(23)18-16(10-6-7-11-16)14(22)20-19-13(21)12-8-4-3-5-9-12/h3-5,8-9H,2,6-7,10-11H2,1H3,(H,19,21)(H,20,22)(H2,17,18,23). The van der Waals surface area contributed by atoms with Gasteiger partial charge in [-0.3, -0.25) is 20.4 Å². The van der Waals surface area contributed by atoms with Crippen molar-refractivity contribution in [1.82, 2.24) is 21.5 Å². The number of hydrazine groups is 1. The van der Waals surface area contributed by atoms with Gasteiger partial charge in [-0.25, -0.2) is 4.79 Å². The minimum absolute atomic E-state index is 0.376. The Morgan fingerprint density at radius 1 is 1.04 bits per heavy atom. The van der Waals surface area contributed by atoms with Crippen molar-refractivity contribution in [2.75, 3.05) is 6.54 Å². The third-order valence-electron chi connectivity index (χ3n) is 3.91. The van der Waals surface area contributed by atoms with Crippen molar-refractivity contribution in [2.45, 2.75) is 38.1 Å². The Bertz CT molecular complexity index is 568. The largest absolute Gasteiger partial charge is 0.338 e. The van der Waals surface area contributed by atoms with E-state index < -0.39 is 17.4 Å². The molecule has 1 aromatic carbocycles. The van der Waals surface area contributed by atoms with Crippen LogP contribution in [0.2, 0.25) is 0 Å². The van der Waals surface area contributed by atoms with E-state index in [0.29, 0.717) is 24.9 Å². The van der Waals surface area contributed by atoms with Gasteiger partial charge in [-0.1, -0.05) is 31.0 Å². The Morgan fingerprint density at radius 2 is 1.70 bits per heavy atom. The van der Waals surface area contributed by atoms with Crippen molar-refractivity contribution < 1.29 is 14.4 Å². The van der Waals surface area contributed by atoms with Crippen LogP contribution in [-0.2, 0) is 4.79 Å². The van der Waals surface area contributed by atoms with Crippen LogP contribution in [0, 0.1) is 0 Å². The van der Waals surface area contributed by atoms with E-state index in [9.17, 15) is 14.4 Å². The van der Waals surface area contributed by atoms with Gasteiger partial charge in [0, 0.05) is 12.1 Å². The van der Waals surface area contributed by atoms with Crippen molar-refractivity contribution in [1.29, 1.82) is 0 Å². The minimum atomic E-state index is -0.969. The molecule has 1 aromatic rings. The molecule has 1 aliphatic rings. The molecule has 2 rings (SSSR count). The maximum Gasteiger partial charge on any atom is 0.315 e. The predicted molar refractivity (Wildman–Crippen MR) is 85.5 cm³/mol. The van der Waals surface area contributed by atoms with Gasteiger partial charge in [0.2, 0.25) is 0 Å². The van der Waals surface area contributed by atoms with Crippen LogP contribution in [0.5, 0.6) is 0 Å². The van der Waals surface area contributed by atoms with Crippen molar-refractivity contribution in [3.63, 3.8) is 0 Å². The first-order valence-electron chi connectivity index (χ1n) is 7.79. The average Bonchev–Trinajstić information content (AvgIpc) is 3.03. The smallest absolute Gasteiger partial charge is 0.315 e. The van der Waals surface area contributed by atoms with Gasteiger partial charge in [0.1, 0.15) is 5.54 Å². The van der Waals surface area contributed by atoms with Gasteiger partial charge in [-0.2, -0.15) is 0 Å². The molecular weight excluding hydrogens is 296 g/mol. The highest BCUT2D eigenvalue weighted by molar-refractivity contribution is 5.97. The first kappa shape index (κ1) is 16.8. The van der Waals surface area contributed by atoms with E-state index in [4.69, 9.17) is 0 Å². The van der Waals surface area contributed by atoms with Crippen LogP contribution in [0.3, 0.4) is 0 Å². The molecular formula is C16H22N4O3. The summed E-state index contributed by atoms with van der Waals surface area (Å²) in [6.07, 6.45) is 2.81. The van der Waals surface area contributed by atoms with Crippen molar-refractivity contribution >= 4 is 17.8 Å². The fourth-order valence-electron chi connectivity index (χ4n) is 2.70. The highest BCUT2D eigenvalue weighted by Crippen LogP contribution is 2.29. The maximum atomic E-state index is 12.5. The number of nitrogens with one attached hydrogen (secondary N) is 4. The average molecular weight is 318 g/mol. The van der Waals surface area contributed by atoms with E-state index in [1.807, 2.05) is 0 Å². The molecule has 0 spiro atoms. The van der Waals surface area contributed by atoms with Gasteiger partial charge in [0.05, 0.1) is 0 Å². The van der Waals surface area contributed by atoms with E-state index in [-0.39, 0.29) is 6.03 Å². The van der Waals surface area contributed by atoms with Gasteiger partial charge in [-0.15, -0.1) is 0 Å². The second-order valence-corrected chi connectivity index (χ2v) is 5.55. The SMILES string of the molecule is CCNC(=O)NC1(C(=O)NNC(=O)c2ccccc2)CCCC1. The van der Waals surface area contributed by atoms with Gasteiger partial charge in [0.25, 0.3) is 11.8 Å². The third kappa shape index (κ3) is 4.21. The number of hydrogen-bond donors (Lipinski definition) is 4. The summed E-state index contributed by atoms with van der Waals surface area (Å²) in [5, 5.41) is 5.37. The first-order valence-corrected chi connectivity index (χ1v) is 7.79. The molecule has 4 amide bonds. The summed E-state index contributed by atoms with van der Waals surface area (Å²) in [5.41, 5.74) is 4.31. The number of carbonyl (C=O) groups is 3. The molecule has 0 atom stereocenters.